The minimum absolute atomic E-state index is 0.312. The number of hydrogen-bond donors (Lipinski definition) is 1. The van der Waals surface area contributed by atoms with Gasteiger partial charge >= 0.3 is 0 Å². The predicted octanol–water partition coefficient (Wildman–Crippen LogP) is 2.98. The van der Waals surface area contributed by atoms with Gasteiger partial charge in [-0.15, -0.1) is 0 Å². The van der Waals surface area contributed by atoms with Crippen LogP contribution < -0.4 is 4.72 Å². The minimum atomic E-state index is -3.36. The Bertz CT molecular complexity index is 428. The van der Waals surface area contributed by atoms with Crippen LogP contribution in [0, 0.1) is 12.0 Å². The number of rotatable bonds is 8. The van der Waals surface area contributed by atoms with Crippen molar-refractivity contribution in [2.45, 2.75) is 44.4 Å². The maximum Gasteiger partial charge on any atom is 0.240 e. The van der Waals surface area contributed by atoms with Gasteiger partial charge in [0, 0.05) is 6.54 Å². The summed E-state index contributed by atoms with van der Waals surface area (Å²) in [6, 6.07) is 9.17. The minimum Gasteiger partial charge on any atom is -0.211 e. The van der Waals surface area contributed by atoms with E-state index in [1.165, 1.54) is 0 Å². The topological polar surface area (TPSA) is 46.2 Å². The van der Waals surface area contributed by atoms with E-state index in [4.69, 9.17) is 0 Å². The molecule has 0 fully saturated rings. The third kappa shape index (κ3) is 4.78. The van der Waals surface area contributed by atoms with Gasteiger partial charge in [0.1, 0.15) is 0 Å². The molecule has 1 radical (unpaired) electrons. The highest BCUT2D eigenvalue weighted by Crippen LogP contribution is 2.13. The zero-order valence-corrected chi connectivity index (χ0v) is 12.0. The van der Waals surface area contributed by atoms with Gasteiger partial charge in [0.15, 0.2) is 0 Å². The van der Waals surface area contributed by atoms with Crippen molar-refractivity contribution in [1.82, 2.24) is 4.72 Å². The van der Waals surface area contributed by atoms with Crippen molar-refractivity contribution in [2.75, 3.05) is 6.54 Å². The Labute approximate surface area is 111 Å². The van der Waals surface area contributed by atoms with Crippen LogP contribution in [0.3, 0.4) is 0 Å². The summed E-state index contributed by atoms with van der Waals surface area (Å²) in [5, 5.41) is 0. The average Bonchev–Trinajstić information content (AvgIpc) is 2.40. The lowest BCUT2D eigenvalue weighted by atomic mass is 10.00. The molecule has 0 saturated carbocycles. The van der Waals surface area contributed by atoms with Crippen LogP contribution in [0.25, 0.3) is 0 Å². The second-order valence-corrected chi connectivity index (χ2v) is 6.27. The molecule has 1 unspecified atom stereocenters. The van der Waals surface area contributed by atoms with Crippen LogP contribution >= 0.6 is 0 Å². The molecule has 3 nitrogen and oxygen atoms in total. The number of hydrogen-bond acceptors (Lipinski definition) is 2. The summed E-state index contributed by atoms with van der Waals surface area (Å²) in [5.41, 5.74) is 0. The zero-order valence-electron chi connectivity index (χ0n) is 11.1. The first-order chi connectivity index (χ1) is 8.60. The standard InChI is InChI=1S/C14H22NO2S/c1-3-5-9-13(4-2)12-15-18(16,17)14-10-7-6-8-11-14/h7-8,10-11,13,15H,3-5,9,12H2,1-2H3. The molecule has 1 N–H and O–H groups in total. The summed E-state index contributed by atoms with van der Waals surface area (Å²) in [6.07, 6.45) is 4.39. The van der Waals surface area contributed by atoms with Crippen LogP contribution in [0.2, 0.25) is 0 Å². The van der Waals surface area contributed by atoms with Crippen molar-refractivity contribution < 1.29 is 8.42 Å². The summed E-state index contributed by atoms with van der Waals surface area (Å²) in [7, 11) is -3.36. The van der Waals surface area contributed by atoms with E-state index in [-0.39, 0.29) is 0 Å². The highest BCUT2D eigenvalue weighted by atomic mass is 32.2. The molecule has 0 bridgehead atoms. The quantitative estimate of drug-likeness (QED) is 0.788. The first-order valence-corrected chi connectivity index (χ1v) is 8.04. The normalized spacial score (nSPS) is 13.4. The number of nitrogens with one attached hydrogen (secondary N) is 1. The van der Waals surface area contributed by atoms with Gasteiger partial charge in [-0.1, -0.05) is 45.2 Å². The Balaban J connectivity index is 2.56. The van der Waals surface area contributed by atoms with E-state index in [1.54, 1.807) is 24.3 Å². The summed E-state index contributed by atoms with van der Waals surface area (Å²) < 4.78 is 26.7. The Morgan fingerprint density at radius 2 is 1.94 bits per heavy atom. The molecular weight excluding hydrogens is 246 g/mol. The fraction of sp³-hybridized carbons (Fsp3) is 0.571. The maximum absolute atomic E-state index is 12.0. The SMILES string of the molecule is CCCCC(CC)CNS(=O)(=O)c1cc[c]cc1. The van der Waals surface area contributed by atoms with Crippen LogP contribution in [0.1, 0.15) is 39.5 Å². The van der Waals surface area contributed by atoms with Crippen molar-refractivity contribution in [3.05, 3.63) is 30.3 Å². The van der Waals surface area contributed by atoms with Crippen LogP contribution in [-0.4, -0.2) is 15.0 Å². The van der Waals surface area contributed by atoms with E-state index >= 15 is 0 Å². The van der Waals surface area contributed by atoms with Crippen molar-refractivity contribution in [3.8, 4) is 0 Å². The van der Waals surface area contributed by atoms with E-state index in [0.29, 0.717) is 17.4 Å². The molecule has 0 aliphatic rings. The summed E-state index contributed by atoms with van der Waals surface area (Å²) >= 11 is 0. The lowest BCUT2D eigenvalue weighted by molar-refractivity contribution is 0.444. The fourth-order valence-electron chi connectivity index (χ4n) is 1.80. The fourth-order valence-corrected chi connectivity index (χ4v) is 2.92. The molecule has 0 heterocycles. The number of unbranched alkanes of at least 4 members (excludes halogenated alkanes) is 1. The summed E-state index contributed by atoms with van der Waals surface area (Å²) in [4.78, 5) is 0.312. The molecule has 1 rings (SSSR count). The van der Waals surface area contributed by atoms with Gasteiger partial charge in [-0.3, -0.25) is 0 Å². The van der Waals surface area contributed by atoms with Gasteiger partial charge in [0.2, 0.25) is 10.0 Å². The Kier molecular flexibility index (Phi) is 6.36. The average molecular weight is 268 g/mol. The molecular formula is C14H22NO2S. The third-order valence-electron chi connectivity index (χ3n) is 3.10. The second kappa shape index (κ2) is 7.54. The molecule has 0 aliphatic heterocycles. The van der Waals surface area contributed by atoms with Crippen LogP contribution in [0.4, 0.5) is 0 Å². The van der Waals surface area contributed by atoms with Gasteiger partial charge < -0.3 is 0 Å². The van der Waals surface area contributed by atoms with Crippen LogP contribution in [0.15, 0.2) is 29.2 Å². The van der Waals surface area contributed by atoms with E-state index in [0.717, 1.165) is 25.7 Å². The molecule has 0 saturated heterocycles. The third-order valence-corrected chi connectivity index (χ3v) is 4.54. The first kappa shape index (κ1) is 15.2. The van der Waals surface area contributed by atoms with Crippen molar-refractivity contribution >= 4 is 10.0 Å². The molecule has 4 heteroatoms. The lowest BCUT2D eigenvalue weighted by Gasteiger charge is -2.15. The van der Waals surface area contributed by atoms with Gasteiger partial charge in [0.05, 0.1) is 4.90 Å². The van der Waals surface area contributed by atoms with Crippen LogP contribution in [-0.2, 0) is 10.0 Å². The van der Waals surface area contributed by atoms with E-state index in [9.17, 15) is 8.42 Å². The molecule has 1 atom stereocenters. The zero-order chi connectivity index (χ0) is 13.4. The van der Waals surface area contributed by atoms with Gasteiger partial charge in [-0.25, -0.2) is 13.1 Å². The largest absolute Gasteiger partial charge is 0.240 e. The van der Waals surface area contributed by atoms with Crippen molar-refractivity contribution in [2.24, 2.45) is 5.92 Å². The summed E-state index contributed by atoms with van der Waals surface area (Å²) in [5.74, 6) is 0.426. The molecule has 0 amide bonds. The van der Waals surface area contributed by atoms with Crippen LogP contribution in [0.5, 0.6) is 0 Å². The molecule has 0 spiro atoms. The van der Waals surface area contributed by atoms with Crippen molar-refractivity contribution in [3.63, 3.8) is 0 Å². The first-order valence-electron chi connectivity index (χ1n) is 6.56. The van der Waals surface area contributed by atoms with E-state index in [2.05, 4.69) is 24.6 Å². The molecule has 101 valence electrons. The molecule has 1 aromatic carbocycles. The van der Waals surface area contributed by atoms with Crippen molar-refractivity contribution in [1.29, 1.82) is 0 Å². The molecule has 0 aliphatic carbocycles. The highest BCUT2D eigenvalue weighted by molar-refractivity contribution is 7.89. The predicted molar refractivity (Wildman–Crippen MR) is 73.8 cm³/mol. The second-order valence-electron chi connectivity index (χ2n) is 4.50. The van der Waals surface area contributed by atoms with Gasteiger partial charge in [0.25, 0.3) is 0 Å². The highest BCUT2D eigenvalue weighted by Gasteiger charge is 2.15. The van der Waals surface area contributed by atoms with Gasteiger partial charge in [-0.2, -0.15) is 0 Å². The lowest BCUT2D eigenvalue weighted by Crippen LogP contribution is -2.29. The maximum atomic E-state index is 12.0. The number of sulfonamides is 1. The van der Waals surface area contributed by atoms with E-state index in [1.807, 2.05) is 0 Å². The monoisotopic (exact) mass is 268 g/mol. The Morgan fingerprint density at radius 1 is 1.28 bits per heavy atom. The molecule has 1 aromatic rings. The molecule has 18 heavy (non-hydrogen) atoms. The number of benzene rings is 1. The smallest absolute Gasteiger partial charge is 0.211 e. The summed E-state index contributed by atoms with van der Waals surface area (Å²) in [6.45, 7) is 4.78. The Hall–Kier alpha value is -0.870. The van der Waals surface area contributed by atoms with E-state index < -0.39 is 10.0 Å². The van der Waals surface area contributed by atoms with Gasteiger partial charge in [-0.05, 0) is 30.5 Å². The Morgan fingerprint density at radius 3 is 2.50 bits per heavy atom. The molecule has 0 aromatic heterocycles.